The molecule has 0 saturated heterocycles. The number of carbonyl (C=O) groups excluding carboxylic acids is 1. The fourth-order valence-corrected chi connectivity index (χ4v) is 5.10. The average Bonchev–Trinajstić information content (AvgIpc) is 3.07. The van der Waals surface area contributed by atoms with E-state index in [1.807, 2.05) is 0 Å². The van der Waals surface area contributed by atoms with Crippen LogP contribution in [0.2, 0.25) is 0 Å². The number of benzene rings is 2. The van der Waals surface area contributed by atoms with Crippen LogP contribution in [-0.2, 0) is 23.1 Å². The maximum absolute atomic E-state index is 13.3. The van der Waals surface area contributed by atoms with Gasteiger partial charge in [0.05, 0.1) is 11.0 Å². The summed E-state index contributed by atoms with van der Waals surface area (Å²) >= 11 is 0. The van der Waals surface area contributed by atoms with E-state index in [9.17, 15) is 27.9 Å². The standard InChI is InChI=1S/C23H18F3NO3/c1-21-12-17-19(13-6-8-14(9-7-13)23(24,25)26)15-4-2-3-5-16(15)20(29)27(17)22(21,30)11-10-18(21)28/h2-9,30H,10-12H2,1H3. The smallest absolute Gasteiger partial charge is 0.369 e. The summed E-state index contributed by atoms with van der Waals surface area (Å²) in [5.41, 5.74) is -2.37. The van der Waals surface area contributed by atoms with Gasteiger partial charge in [0.25, 0.3) is 5.56 Å². The number of rotatable bonds is 1. The van der Waals surface area contributed by atoms with Crippen LogP contribution in [0.4, 0.5) is 13.2 Å². The predicted octanol–water partition coefficient (Wildman–Crippen LogP) is 4.26. The molecular formula is C23H18F3NO3. The second kappa shape index (κ2) is 5.82. The number of hydrogen-bond donors (Lipinski definition) is 1. The molecule has 4 nitrogen and oxygen atoms in total. The van der Waals surface area contributed by atoms with E-state index < -0.39 is 28.4 Å². The largest absolute Gasteiger partial charge is 0.416 e. The molecule has 5 rings (SSSR count). The van der Waals surface area contributed by atoms with Gasteiger partial charge in [0.1, 0.15) is 5.78 Å². The molecule has 1 N–H and O–H groups in total. The summed E-state index contributed by atoms with van der Waals surface area (Å²) in [6.45, 7) is 1.66. The van der Waals surface area contributed by atoms with Crippen molar-refractivity contribution in [2.75, 3.05) is 0 Å². The summed E-state index contributed by atoms with van der Waals surface area (Å²) in [5, 5.41) is 12.4. The van der Waals surface area contributed by atoms with Crippen LogP contribution in [0.5, 0.6) is 0 Å². The van der Waals surface area contributed by atoms with Crippen molar-refractivity contribution in [2.45, 2.75) is 38.1 Å². The third-order valence-electron chi connectivity index (χ3n) is 6.78. The first kappa shape index (κ1) is 19.1. The van der Waals surface area contributed by atoms with E-state index in [2.05, 4.69) is 0 Å². The SMILES string of the molecule is CC12Cc3c(-c4ccc(C(F)(F)F)cc4)c4ccccc4c(=O)n3C1(O)CCC2=O. The molecule has 1 aliphatic heterocycles. The Kier molecular flexibility index (Phi) is 3.70. The number of carbonyl (C=O) groups is 1. The van der Waals surface area contributed by atoms with Crippen LogP contribution in [0, 0.1) is 5.41 Å². The fourth-order valence-electron chi connectivity index (χ4n) is 5.10. The van der Waals surface area contributed by atoms with Gasteiger partial charge in [-0.05, 0) is 36.1 Å². The Hall–Kier alpha value is -2.93. The van der Waals surface area contributed by atoms with Gasteiger partial charge in [0, 0.05) is 35.9 Å². The van der Waals surface area contributed by atoms with Gasteiger partial charge in [-0.2, -0.15) is 13.2 Å². The Morgan fingerprint density at radius 2 is 1.63 bits per heavy atom. The molecule has 2 aliphatic rings. The molecule has 3 aromatic rings. The molecule has 30 heavy (non-hydrogen) atoms. The monoisotopic (exact) mass is 413 g/mol. The maximum Gasteiger partial charge on any atom is 0.416 e. The highest BCUT2D eigenvalue weighted by atomic mass is 19.4. The topological polar surface area (TPSA) is 59.3 Å². The van der Waals surface area contributed by atoms with E-state index in [1.165, 1.54) is 16.7 Å². The minimum atomic E-state index is -4.46. The number of pyridine rings is 1. The van der Waals surface area contributed by atoms with Crippen molar-refractivity contribution < 1.29 is 23.1 Å². The molecule has 0 spiro atoms. The highest BCUT2D eigenvalue weighted by Crippen LogP contribution is 2.55. The molecule has 7 heteroatoms. The lowest BCUT2D eigenvalue weighted by molar-refractivity contribution is -0.142. The molecule has 2 unspecified atom stereocenters. The summed E-state index contributed by atoms with van der Waals surface area (Å²) in [6.07, 6.45) is -3.98. The molecule has 1 fully saturated rings. The van der Waals surface area contributed by atoms with Crippen LogP contribution in [-0.4, -0.2) is 15.5 Å². The van der Waals surface area contributed by atoms with Gasteiger partial charge < -0.3 is 5.11 Å². The quantitative estimate of drug-likeness (QED) is 0.649. The van der Waals surface area contributed by atoms with E-state index in [0.717, 1.165) is 12.1 Å². The minimum Gasteiger partial charge on any atom is -0.369 e. The molecule has 0 amide bonds. The minimum absolute atomic E-state index is 0.115. The number of aliphatic hydroxyl groups is 1. The fraction of sp³-hybridized carbons (Fsp3) is 0.304. The number of fused-ring (bicyclic) bond motifs is 4. The highest BCUT2D eigenvalue weighted by Gasteiger charge is 2.63. The van der Waals surface area contributed by atoms with Crippen molar-refractivity contribution in [3.8, 4) is 11.1 Å². The Labute approximate surface area is 169 Å². The van der Waals surface area contributed by atoms with Crippen LogP contribution >= 0.6 is 0 Å². The zero-order valence-electron chi connectivity index (χ0n) is 16.1. The van der Waals surface area contributed by atoms with E-state index in [4.69, 9.17) is 0 Å². The van der Waals surface area contributed by atoms with Gasteiger partial charge in [0.2, 0.25) is 0 Å². The molecule has 1 saturated carbocycles. The van der Waals surface area contributed by atoms with Crippen LogP contribution < -0.4 is 5.56 Å². The number of hydrogen-bond acceptors (Lipinski definition) is 3. The van der Waals surface area contributed by atoms with E-state index in [-0.39, 0.29) is 25.0 Å². The number of alkyl halides is 3. The predicted molar refractivity (Wildman–Crippen MR) is 105 cm³/mol. The van der Waals surface area contributed by atoms with Crippen LogP contribution in [0.3, 0.4) is 0 Å². The van der Waals surface area contributed by atoms with Crippen LogP contribution in [0.1, 0.15) is 31.0 Å². The van der Waals surface area contributed by atoms with E-state index in [1.54, 1.807) is 31.2 Å². The van der Waals surface area contributed by atoms with E-state index >= 15 is 0 Å². The highest BCUT2D eigenvalue weighted by molar-refractivity contribution is 5.99. The lowest BCUT2D eigenvalue weighted by Gasteiger charge is -2.32. The molecule has 1 aliphatic carbocycles. The summed E-state index contributed by atoms with van der Waals surface area (Å²) < 4.78 is 40.4. The second-order valence-corrected chi connectivity index (χ2v) is 8.33. The summed E-state index contributed by atoms with van der Waals surface area (Å²) in [5.74, 6) is -0.115. The summed E-state index contributed by atoms with van der Waals surface area (Å²) in [6, 6.07) is 11.6. The zero-order chi connectivity index (χ0) is 21.5. The number of Topliss-reactive ketones (excluding diaryl/α,β-unsaturated/α-hetero) is 1. The molecule has 154 valence electrons. The number of ketones is 1. The number of halogens is 3. The van der Waals surface area contributed by atoms with Crippen molar-refractivity contribution in [3.05, 3.63) is 70.1 Å². The molecule has 0 bridgehead atoms. The Balaban J connectivity index is 1.85. The first-order valence-electron chi connectivity index (χ1n) is 9.68. The van der Waals surface area contributed by atoms with Gasteiger partial charge in [-0.1, -0.05) is 30.3 Å². The van der Waals surface area contributed by atoms with Crippen molar-refractivity contribution in [1.82, 2.24) is 4.57 Å². The first-order chi connectivity index (χ1) is 14.1. The van der Waals surface area contributed by atoms with E-state index in [0.29, 0.717) is 27.6 Å². The second-order valence-electron chi connectivity index (χ2n) is 8.33. The Morgan fingerprint density at radius 1 is 1.00 bits per heavy atom. The Morgan fingerprint density at radius 3 is 2.27 bits per heavy atom. The average molecular weight is 413 g/mol. The number of nitrogens with zero attached hydrogens (tertiary/aromatic N) is 1. The van der Waals surface area contributed by atoms with Gasteiger partial charge in [0.15, 0.2) is 5.72 Å². The lowest BCUT2D eigenvalue weighted by atomic mass is 9.79. The normalized spacial score (nSPS) is 25.6. The molecule has 2 atom stereocenters. The summed E-state index contributed by atoms with van der Waals surface area (Å²) in [4.78, 5) is 26.0. The third-order valence-corrected chi connectivity index (χ3v) is 6.78. The van der Waals surface area contributed by atoms with Gasteiger partial charge >= 0.3 is 6.18 Å². The maximum atomic E-state index is 13.3. The lowest BCUT2D eigenvalue weighted by Crippen LogP contribution is -2.47. The molecular weight excluding hydrogens is 395 g/mol. The Bertz CT molecular complexity index is 1280. The van der Waals surface area contributed by atoms with Crippen molar-refractivity contribution >= 4 is 16.6 Å². The van der Waals surface area contributed by atoms with Crippen molar-refractivity contribution in [3.63, 3.8) is 0 Å². The van der Waals surface area contributed by atoms with Gasteiger partial charge in [-0.15, -0.1) is 0 Å². The zero-order valence-corrected chi connectivity index (χ0v) is 16.1. The van der Waals surface area contributed by atoms with Gasteiger partial charge in [-0.25, -0.2) is 0 Å². The van der Waals surface area contributed by atoms with Crippen LogP contribution in [0.25, 0.3) is 21.9 Å². The first-order valence-corrected chi connectivity index (χ1v) is 9.68. The molecule has 0 radical (unpaired) electrons. The molecule has 2 aromatic carbocycles. The summed E-state index contributed by atoms with van der Waals surface area (Å²) in [7, 11) is 0. The third kappa shape index (κ3) is 2.27. The molecule has 1 aromatic heterocycles. The molecule has 2 heterocycles. The number of aromatic nitrogens is 1. The van der Waals surface area contributed by atoms with Crippen molar-refractivity contribution in [2.24, 2.45) is 5.41 Å². The van der Waals surface area contributed by atoms with Gasteiger partial charge in [-0.3, -0.25) is 14.2 Å². The van der Waals surface area contributed by atoms with Crippen LogP contribution in [0.15, 0.2) is 53.3 Å². The van der Waals surface area contributed by atoms with Crippen molar-refractivity contribution in [1.29, 1.82) is 0 Å².